The number of alkyl halides is 3. The molecule has 35 heavy (non-hydrogen) atoms. The molecule has 0 amide bonds. The fourth-order valence-electron chi connectivity index (χ4n) is 3.44. The van der Waals surface area contributed by atoms with E-state index in [1.54, 1.807) is 0 Å². The first-order chi connectivity index (χ1) is 16.4. The van der Waals surface area contributed by atoms with Crippen LogP contribution in [0.4, 0.5) is 13.2 Å². The van der Waals surface area contributed by atoms with Gasteiger partial charge in [-0.1, -0.05) is 48.3 Å². The lowest BCUT2D eigenvalue weighted by Crippen LogP contribution is -2.17. The Kier molecular flexibility index (Phi) is 6.56. The largest absolute Gasteiger partial charge is 0.573 e. The summed E-state index contributed by atoms with van der Waals surface area (Å²) in [5, 5.41) is -0.0667. The van der Waals surface area contributed by atoms with E-state index in [1.807, 2.05) is 0 Å². The van der Waals surface area contributed by atoms with Crippen molar-refractivity contribution in [2.45, 2.75) is 18.2 Å². The van der Waals surface area contributed by atoms with Crippen LogP contribution in [0.3, 0.4) is 0 Å². The smallest absolute Gasteiger partial charge is 0.405 e. The van der Waals surface area contributed by atoms with Crippen molar-refractivity contribution in [1.29, 1.82) is 0 Å². The van der Waals surface area contributed by atoms with E-state index < -0.39 is 27.7 Å². The van der Waals surface area contributed by atoms with Crippen LogP contribution in [0.25, 0.3) is 22.2 Å². The van der Waals surface area contributed by atoms with Gasteiger partial charge in [0.05, 0.1) is 26.2 Å². The normalized spacial score (nSPS) is 12.2. The van der Waals surface area contributed by atoms with E-state index in [1.165, 1.54) is 55.5 Å². The number of imidazole rings is 1. The number of halogens is 5. The van der Waals surface area contributed by atoms with Crippen molar-refractivity contribution in [1.82, 2.24) is 9.97 Å². The lowest BCUT2D eigenvalue weighted by molar-refractivity contribution is -0.274. The van der Waals surface area contributed by atoms with Crippen molar-refractivity contribution in [2.24, 2.45) is 0 Å². The first-order valence-electron chi connectivity index (χ1n) is 10.0. The molecule has 12 heteroatoms. The maximum Gasteiger partial charge on any atom is 0.573 e. The van der Waals surface area contributed by atoms with E-state index in [4.69, 9.17) is 23.2 Å². The summed E-state index contributed by atoms with van der Waals surface area (Å²) in [5.74, 6) is -1.24. The van der Waals surface area contributed by atoms with E-state index in [0.29, 0.717) is 0 Å². The second-order valence-corrected chi connectivity index (χ2v) is 10.4. The minimum absolute atomic E-state index is 0.00896. The molecule has 0 spiro atoms. The Morgan fingerprint density at radius 3 is 2.37 bits per heavy atom. The van der Waals surface area contributed by atoms with Crippen LogP contribution in [0.2, 0.25) is 10.0 Å². The van der Waals surface area contributed by atoms with Gasteiger partial charge in [0, 0.05) is 16.7 Å². The monoisotopic (exact) mass is 542 g/mol. The van der Waals surface area contributed by atoms with Gasteiger partial charge in [-0.2, -0.15) is 0 Å². The van der Waals surface area contributed by atoms with Crippen molar-refractivity contribution in [3.05, 3.63) is 76.0 Å². The lowest BCUT2D eigenvalue weighted by Gasteiger charge is -2.15. The highest BCUT2D eigenvalue weighted by Gasteiger charge is 2.33. The minimum atomic E-state index is -4.93. The molecular formula is C23H15Cl2F3N2O4S. The van der Waals surface area contributed by atoms with Gasteiger partial charge in [0.15, 0.2) is 15.7 Å². The third-order valence-corrected chi connectivity index (χ3v) is 7.54. The maximum atomic E-state index is 12.9. The molecule has 1 heterocycles. The zero-order valence-corrected chi connectivity index (χ0v) is 20.1. The number of hydrogen-bond acceptors (Lipinski definition) is 5. The van der Waals surface area contributed by atoms with Crippen LogP contribution >= 0.6 is 23.2 Å². The first-order valence-corrected chi connectivity index (χ1v) is 12.4. The van der Waals surface area contributed by atoms with Crippen LogP contribution < -0.4 is 4.74 Å². The van der Waals surface area contributed by atoms with Gasteiger partial charge >= 0.3 is 6.36 Å². The summed E-state index contributed by atoms with van der Waals surface area (Å²) < 4.78 is 66.7. The molecule has 4 rings (SSSR count). The third kappa shape index (κ3) is 5.00. The number of carbonyl (C=O) groups is 1. The van der Waals surface area contributed by atoms with Crippen LogP contribution in [-0.4, -0.2) is 36.3 Å². The van der Waals surface area contributed by atoms with Gasteiger partial charge in [-0.3, -0.25) is 4.79 Å². The molecule has 0 bridgehead atoms. The summed E-state index contributed by atoms with van der Waals surface area (Å²) in [5.41, 5.74) is 0.615. The number of H-pyrrole nitrogens is 1. The number of sulfone groups is 1. The Hall–Kier alpha value is -3.08. The molecule has 0 unspecified atom stereocenters. The Morgan fingerprint density at radius 1 is 1.09 bits per heavy atom. The number of ketones is 1. The molecule has 3 aromatic carbocycles. The number of carbonyl (C=O) groups excluding carboxylic acids is 1. The molecule has 182 valence electrons. The molecule has 0 aliphatic heterocycles. The Balaban J connectivity index is 1.77. The molecule has 0 aliphatic rings. The van der Waals surface area contributed by atoms with Crippen LogP contribution in [0.5, 0.6) is 5.75 Å². The molecular weight excluding hydrogens is 528 g/mol. The Bertz CT molecular complexity index is 1550. The quantitative estimate of drug-likeness (QED) is 0.282. The molecule has 0 saturated carbocycles. The number of rotatable bonds is 6. The summed E-state index contributed by atoms with van der Waals surface area (Å²) in [6, 6.07) is 12.1. The average Bonchev–Trinajstić information content (AvgIpc) is 3.23. The zero-order valence-electron chi connectivity index (χ0n) is 17.8. The highest BCUT2D eigenvalue weighted by Crippen LogP contribution is 2.44. The lowest BCUT2D eigenvalue weighted by atomic mass is 10.0. The molecule has 0 aliphatic carbocycles. The van der Waals surface area contributed by atoms with Gasteiger partial charge in [-0.05, 0) is 36.4 Å². The molecule has 0 radical (unpaired) electrons. The number of fused-ring (bicyclic) bond motifs is 1. The van der Waals surface area contributed by atoms with Gasteiger partial charge in [0.1, 0.15) is 11.3 Å². The number of hydrogen-bond donors (Lipinski definition) is 1. The van der Waals surface area contributed by atoms with Crippen molar-refractivity contribution < 1.29 is 31.1 Å². The number of para-hydroxylation sites is 1. The molecule has 1 aromatic heterocycles. The number of nitrogens with one attached hydrogen (secondary N) is 1. The Labute approximate surface area is 207 Å². The summed E-state index contributed by atoms with van der Waals surface area (Å²) in [6.07, 6.45) is -4.93. The molecule has 0 atom stereocenters. The number of nitrogens with zero attached hydrogens (tertiary/aromatic N) is 1. The predicted molar refractivity (Wildman–Crippen MR) is 126 cm³/mol. The van der Waals surface area contributed by atoms with Crippen molar-refractivity contribution in [3.8, 4) is 16.9 Å². The number of benzene rings is 3. The average molecular weight is 543 g/mol. The fraction of sp³-hybridized carbons (Fsp3) is 0.130. The standard InChI is InChI=1S/C23H15Cl2F3N2O4S/c1-2-35(32,33)13-9-7-12(8-10-13)21(31)22-29-16-11-15(24)18(19(25)20(16)30-22)14-5-3-4-6-17(14)34-23(26,27)28/h3-11H,2H2,1H3,(H,29,30). The van der Waals surface area contributed by atoms with E-state index >= 15 is 0 Å². The Morgan fingerprint density at radius 2 is 1.74 bits per heavy atom. The summed E-state index contributed by atoms with van der Waals surface area (Å²) in [4.78, 5) is 20.1. The third-order valence-electron chi connectivity index (χ3n) is 5.12. The first kappa shape index (κ1) is 25.0. The van der Waals surface area contributed by atoms with Gasteiger partial charge in [0.25, 0.3) is 0 Å². The van der Waals surface area contributed by atoms with E-state index in [-0.39, 0.29) is 54.2 Å². The van der Waals surface area contributed by atoms with Crippen molar-refractivity contribution >= 4 is 49.9 Å². The number of ether oxygens (including phenoxy) is 1. The van der Waals surface area contributed by atoms with Crippen molar-refractivity contribution in [2.75, 3.05) is 5.75 Å². The second-order valence-electron chi connectivity index (χ2n) is 7.33. The van der Waals surface area contributed by atoms with Crippen LogP contribution in [-0.2, 0) is 9.84 Å². The summed E-state index contributed by atoms with van der Waals surface area (Å²) in [6.45, 7) is 1.51. The van der Waals surface area contributed by atoms with Gasteiger partial charge in [-0.25, -0.2) is 13.4 Å². The van der Waals surface area contributed by atoms with Crippen LogP contribution in [0.15, 0.2) is 59.5 Å². The number of aromatic nitrogens is 2. The maximum absolute atomic E-state index is 12.9. The highest BCUT2D eigenvalue weighted by molar-refractivity contribution is 7.91. The molecule has 1 N–H and O–H groups in total. The van der Waals surface area contributed by atoms with Gasteiger partial charge in [0.2, 0.25) is 5.78 Å². The van der Waals surface area contributed by atoms with Crippen LogP contribution in [0, 0.1) is 0 Å². The van der Waals surface area contributed by atoms with Crippen LogP contribution in [0.1, 0.15) is 23.1 Å². The SMILES string of the molecule is CCS(=O)(=O)c1ccc(C(=O)c2nc3c(Cl)c(-c4ccccc4OC(F)(F)F)c(Cl)cc3[nH]2)cc1. The van der Waals surface area contributed by atoms with Gasteiger partial charge < -0.3 is 9.72 Å². The van der Waals surface area contributed by atoms with Gasteiger partial charge in [-0.15, -0.1) is 13.2 Å². The fourth-order valence-corrected chi connectivity index (χ4v) is 5.02. The zero-order chi connectivity index (χ0) is 25.5. The molecule has 0 saturated heterocycles. The topological polar surface area (TPSA) is 89.1 Å². The molecule has 0 fully saturated rings. The van der Waals surface area contributed by atoms with E-state index in [9.17, 15) is 26.4 Å². The van der Waals surface area contributed by atoms with Crippen molar-refractivity contribution in [3.63, 3.8) is 0 Å². The summed E-state index contributed by atoms with van der Waals surface area (Å²) in [7, 11) is -3.43. The van der Waals surface area contributed by atoms with E-state index in [2.05, 4.69) is 14.7 Å². The summed E-state index contributed by atoms with van der Waals surface area (Å²) >= 11 is 12.8. The predicted octanol–water partition coefficient (Wildman–Crippen LogP) is 6.46. The molecule has 4 aromatic rings. The number of aromatic amines is 1. The highest BCUT2D eigenvalue weighted by atomic mass is 35.5. The minimum Gasteiger partial charge on any atom is -0.405 e. The molecule has 6 nitrogen and oxygen atoms in total. The van der Waals surface area contributed by atoms with E-state index in [0.717, 1.165) is 6.07 Å². The second kappa shape index (κ2) is 9.18.